The molecule has 0 bridgehead atoms. The van der Waals surface area contributed by atoms with E-state index in [0.717, 1.165) is 10.2 Å². The highest BCUT2D eigenvalue weighted by Gasteiger charge is 2.27. The highest BCUT2D eigenvalue weighted by atomic mass is 79.9. The van der Waals surface area contributed by atoms with Crippen LogP contribution < -0.4 is 10.6 Å². The van der Waals surface area contributed by atoms with Gasteiger partial charge in [0, 0.05) is 24.1 Å². The van der Waals surface area contributed by atoms with Gasteiger partial charge in [-0.25, -0.2) is 8.42 Å². The summed E-state index contributed by atoms with van der Waals surface area (Å²) in [5.41, 5.74) is 6.27. The molecular formula is C10H13BrN2O2S. The van der Waals surface area contributed by atoms with Gasteiger partial charge in [-0.15, -0.1) is 0 Å². The van der Waals surface area contributed by atoms with Crippen LogP contribution in [-0.4, -0.2) is 33.8 Å². The van der Waals surface area contributed by atoms with E-state index in [2.05, 4.69) is 15.9 Å². The number of sulfone groups is 1. The molecule has 0 saturated carbocycles. The van der Waals surface area contributed by atoms with Crippen molar-refractivity contribution in [1.82, 2.24) is 0 Å². The molecule has 0 fully saturated rings. The summed E-state index contributed by atoms with van der Waals surface area (Å²) in [5.74, 6) is 0.168. The van der Waals surface area contributed by atoms with E-state index in [4.69, 9.17) is 5.73 Å². The van der Waals surface area contributed by atoms with E-state index >= 15 is 0 Å². The lowest BCUT2D eigenvalue weighted by Gasteiger charge is -2.30. The average molecular weight is 305 g/mol. The molecule has 88 valence electrons. The molecule has 0 aromatic heterocycles. The molecular weight excluding hydrogens is 292 g/mol. The third-order valence-electron chi connectivity index (χ3n) is 2.63. The minimum Gasteiger partial charge on any atom is -0.368 e. The maximum atomic E-state index is 11.9. The number of nitrogens with two attached hydrogens (primary N) is 1. The van der Waals surface area contributed by atoms with Gasteiger partial charge in [-0.05, 0) is 18.2 Å². The van der Waals surface area contributed by atoms with E-state index in [0.29, 0.717) is 24.5 Å². The number of nitrogens with zero attached hydrogens (tertiary/aromatic N) is 1. The normalized spacial score (nSPS) is 18.2. The summed E-state index contributed by atoms with van der Waals surface area (Å²) in [6, 6.07) is 5.24. The molecule has 1 aromatic carbocycles. The van der Waals surface area contributed by atoms with Crippen LogP contribution in [0.15, 0.2) is 27.6 Å². The number of hydrogen-bond donors (Lipinski definition) is 1. The molecule has 2 N–H and O–H groups in total. The monoisotopic (exact) mass is 304 g/mol. The highest BCUT2D eigenvalue weighted by Crippen LogP contribution is 2.32. The molecule has 0 spiro atoms. The van der Waals surface area contributed by atoms with Gasteiger partial charge in [-0.2, -0.15) is 0 Å². The number of benzene rings is 1. The third-order valence-corrected chi connectivity index (χ3v) is 4.85. The smallest absolute Gasteiger partial charge is 0.182 e. The Morgan fingerprint density at radius 1 is 1.44 bits per heavy atom. The zero-order valence-corrected chi connectivity index (χ0v) is 11.1. The summed E-state index contributed by atoms with van der Waals surface area (Å²) >= 11 is 3.35. The Morgan fingerprint density at radius 3 is 2.88 bits per heavy atom. The van der Waals surface area contributed by atoms with Crippen LogP contribution in [0.5, 0.6) is 0 Å². The molecule has 0 atom stereocenters. The highest BCUT2D eigenvalue weighted by molar-refractivity contribution is 9.10. The molecule has 1 aliphatic rings. The molecule has 0 aliphatic carbocycles. The minimum absolute atomic E-state index is 0.168. The quantitative estimate of drug-likeness (QED) is 0.885. The van der Waals surface area contributed by atoms with E-state index in [-0.39, 0.29) is 5.75 Å². The van der Waals surface area contributed by atoms with E-state index in [1.54, 1.807) is 12.1 Å². The van der Waals surface area contributed by atoms with Crippen molar-refractivity contribution in [2.24, 2.45) is 5.73 Å². The second kappa shape index (κ2) is 4.35. The molecule has 0 radical (unpaired) electrons. The summed E-state index contributed by atoms with van der Waals surface area (Å²) in [6.45, 7) is 1.72. The molecule has 16 heavy (non-hydrogen) atoms. The van der Waals surface area contributed by atoms with Crippen molar-refractivity contribution in [3.63, 3.8) is 0 Å². The van der Waals surface area contributed by atoms with Crippen LogP contribution in [-0.2, 0) is 9.84 Å². The van der Waals surface area contributed by atoms with Crippen LogP contribution in [0.4, 0.5) is 5.69 Å². The fourth-order valence-electron chi connectivity index (χ4n) is 1.85. The van der Waals surface area contributed by atoms with Crippen LogP contribution in [0.25, 0.3) is 0 Å². The number of fused-ring (bicyclic) bond motifs is 1. The van der Waals surface area contributed by atoms with Gasteiger partial charge in [-0.1, -0.05) is 15.9 Å². The molecule has 6 heteroatoms. The first-order chi connectivity index (χ1) is 7.54. The second-order valence-corrected chi connectivity index (χ2v) is 6.70. The van der Waals surface area contributed by atoms with Crippen LogP contribution in [0, 0.1) is 0 Å². The Morgan fingerprint density at radius 2 is 2.19 bits per heavy atom. The minimum atomic E-state index is -3.11. The molecule has 1 aliphatic heterocycles. The van der Waals surface area contributed by atoms with Gasteiger partial charge in [0.15, 0.2) is 9.84 Å². The van der Waals surface area contributed by atoms with Gasteiger partial charge in [0.05, 0.1) is 16.3 Å². The van der Waals surface area contributed by atoms with Gasteiger partial charge in [0.2, 0.25) is 0 Å². The van der Waals surface area contributed by atoms with E-state index in [1.807, 2.05) is 11.0 Å². The lowest BCUT2D eigenvalue weighted by molar-refractivity contribution is 0.589. The molecule has 1 heterocycles. The summed E-state index contributed by atoms with van der Waals surface area (Å²) in [6.07, 6.45) is 0. The molecule has 0 saturated heterocycles. The lowest BCUT2D eigenvalue weighted by Crippen LogP contribution is -2.38. The zero-order chi connectivity index (χ0) is 11.8. The predicted octanol–water partition coefficient (Wildman–Crippen LogP) is 1.00. The van der Waals surface area contributed by atoms with Crippen LogP contribution in [0.3, 0.4) is 0 Å². The number of anilines is 1. The Bertz CT molecular complexity index is 502. The van der Waals surface area contributed by atoms with Crippen molar-refractivity contribution in [3.05, 3.63) is 22.7 Å². The van der Waals surface area contributed by atoms with Gasteiger partial charge in [-0.3, -0.25) is 0 Å². The molecule has 4 nitrogen and oxygen atoms in total. The fraction of sp³-hybridized carbons (Fsp3) is 0.400. The maximum absolute atomic E-state index is 11.9. The van der Waals surface area contributed by atoms with Crippen molar-refractivity contribution < 1.29 is 8.42 Å². The summed E-state index contributed by atoms with van der Waals surface area (Å²) in [5, 5.41) is 0. The predicted molar refractivity (Wildman–Crippen MR) is 67.5 cm³/mol. The summed E-state index contributed by atoms with van der Waals surface area (Å²) in [4.78, 5) is 2.43. The molecule has 0 amide bonds. The fourth-order valence-corrected chi connectivity index (χ4v) is 3.66. The van der Waals surface area contributed by atoms with Crippen LogP contribution >= 0.6 is 15.9 Å². The van der Waals surface area contributed by atoms with E-state index in [9.17, 15) is 8.42 Å². The van der Waals surface area contributed by atoms with Crippen molar-refractivity contribution >= 4 is 31.5 Å². The SMILES string of the molecule is NCCN1CCS(=O)(=O)c2ccc(Br)cc21. The number of halogens is 1. The zero-order valence-electron chi connectivity index (χ0n) is 8.69. The summed E-state index contributed by atoms with van der Waals surface area (Å²) in [7, 11) is -3.11. The van der Waals surface area contributed by atoms with Gasteiger partial charge >= 0.3 is 0 Å². The first-order valence-electron chi connectivity index (χ1n) is 5.02. The van der Waals surface area contributed by atoms with Crippen LogP contribution in [0.1, 0.15) is 0 Å². The number of hydrogen-bond acceptors (Lipinski definition) is 4. The van der Waals surface area contributed by atoms with E-state index in [1.165, 1.54) is 0 Å². The molecule has 2 rings (SSSR count). The van der Waals surface area contributed by atoms with Gasteiger partial charge in [0.25, 0.3) is 0 Å². The van der Waals surface area contributed by atoms with Crippen LogP contribution in [0.2, 0.25) is 0 Å². The van der Waals surface area contributed by atoms with Crippen molar-refractivity contribution in [2.45, 2.75) is 4.90 Å². The molecule has 1 aromatic rings. The second-order valence-electron chi connectivity index (χ2n) is 3.71. The first-order valence-corrected chi connectivity index (χ1v) is 7.46. The third kappa shape index (κ3) is 2.09. The van der Waals surface area contributed by atoms with Crippen molar-refractivity contribution in [2.75, 3.05) is 30.3 Å². The largest absolute Gasteiger partial charge is 0.368 e. The van der Waals surface area contributed by atoms with Gasteiger partial charge in [0.1, 0.15) is 0 Å². The first kappa shape index (κ1) is 11.9. The topological polar surface area (TPSA) is 63.4 Å². The van der Waals surface area contributed by atoms with Crippen molar-refractivity contribution in [3.8, 4) is 0 Å². The van der Waals surface area contributed by atoms with E-state index < -0.39 is 9.84 Å². The number of rotatable bonds is 2. The average Bonchev–Trinajstić information content (AvgIpc) is 2.22. The standard InChI is InChI=1S/C10H13BrN2O2S/c11-8-1-2-10-9(7-8)13(4-3-12)5-6-16(10,14)15/h1-2,7H,3-6,12H2. The van der Waals surface area contributed by atoms with Crippen molar-refractivity contribution in [1.29, 1.82) is 0 Å². The molecule has 0 unspecified atom stereocenters. The van der Waals surface area contributed by atoms with Gasteiger partial charge < -0.3 is 10.6 Å². The Kier molecular flexibility index (Phi) is 3.23. The Balaban J connectivity index is 2.54. The maximum Gasteiger partial charge on any atom is 0.182 e. The Hall–Kier alpha value is -0.590. The lowest BCUT2D eigenvalue weighted by atomic mass is 10.2. The summed E-state index contributed by atoms with van der Waals surface area (Å²) < 4.78 is 24.6. The Labute approximate surface area is 103 Å².